The average molecular weight is 375 g/mol. The first-order valence-corrected chi connectivity index (χ1v) is 9.08. The van der Waals surface area contributed by atoms with Gasteiger partial charge in [0.05, 0.1) is 16.6 Å². The summed E-state index contributed by atoms with van der Waals surface area (Å²) in [7, 11) is 0. The van der Waals surface area contributed by atoms with Crippen LogP contribution < -0.4 is 10.2 Å². The van der Waals surface area contributed by atoms with E-state index in [-0.39, 0.29) is 5.92 Å². The number of hydrogen-bond acceptors (Lipinski definition) is 5. The zero-order chi connectivity index (χ0) is 18.8. The maximum Gasteiger partial charge on any atom is 0.306 e. The summed E-state index contributed by atoms with van der Waals surface area (Å²) in [6.07, 6.45) is 1.26. The lowest BCUT2D eigenvalue weighted by molar-refractivity contribution is -0.142. The molecule has 2 aromatic rings. The van der Waals surface area contributed by atoms with Gasteiger partial charge in [-0.1, -0.05) is 17.7 Å². The summed E-state index contributed by atoms with van der Waals surface area (Å²) in [6, 6.07) is 5.88. The molecule has 0 amide bonds. The van der Waals surface area contributed by atoms with Gasteiger partial charge in [0, 0.05) is 19.2 Å². The number of rotatable bonds is 4. The van der Waals surface area contributed by atoms with Crippen LogP contribution in [0, 0.1) is 26.7 Å². The van der Waals surface area contributed by atoms with Crippen LogP contribution in [0.1, 0.15) is 29.8 Å². The molecule has 1 aromatic carbocycles. The van der Waals surface area contributed by atoms with Gasteiger partial charge in [-0.3, -0.25) is 4.79 Å². The van der Waals surface area contributed by atoms with E-state index in [0.717, 1.165) is 22.6 Å². The minimum Gasteiger partial charge on any atom is -0.481 e. The van der Waals surface area contributed by atoms with Crippen LogP contribution >= 0.6 is 11.6 Å². The third-order valence-electron chi connectivity index (χ3n) is 4.68. The van der Waals surface area contributed by atoms with Gasteiger partial charge in [-0.05, 0) is 50.8 Å². The molecule has 26 heavy (non-hydrogen) atoms. The lowest BCUT2D eigenvalue weighted by Gasteiger charge is -2.31. The molecule has 0 atom stereocenters. The van der Waals surface area contributed by atoms with E-state index in [1.165, 1.54) is 0 Å². The average Bonchev–Trinajstić information content (AvgIpc) is 2.57. The summed E-state index contributed by atoms with van der Waals surface area (Å²) in [5.74, 6) is 1.17. The van der Waals surface area contributed by atoms with E-state index in [1.807, 2.05) is 32.9 Å². The Morgan fingerprint density at radius 3 is 2.50 bits per heavy atom. The number of anilines is 3. The highest BCUT2D eigenvalue weighted by Gasteiger charge is 2.25. The lowest BCUT2D eigenvalue weighted by Crippen LogP contribution is -2.36. The van der Waals surface area contributed by atoms with Gasteiger partial charge in [0.2, 0.25) is 0 Å². The summed E-state index contributed by atoms with van der Waals surface area (Å²) >= 11 is 6.39. The van der Waals surface area contributed by atoms with E-state index < -0.39 is 5.97 Å². The highest BCUT2D eigenvalue weighted by atomic mass is 35.5. The predicted octanol–water partition coefficient (Wildman–Crippen LogP) is 4.10. The van der Waals surface area contributed by atoms with Crippen LogP contribution in [0.25, 0.3) is 0 Å². The van der Waals surface area contributed by atoms with Gasteiger partial charge >= 0.3 is 5.97 Å². The van der Waals surface area contributed by atoms with E-state index in [4.69, 9.17) is 16.7 Å². The summed E-state index contributed by atoms with van der Waals surface area (Å²) in [5, 5.41) is 13.1. The highest BCUT2D eigenvalue weighted by Crippen LogP contribution is 2.31. The molecule has 1 aliphatic heterocycles. The van der Waals surface area contributed by atoms with Crippen molar-refractivity contribution in [1.82, 2.24) is 9.97 Å². The second kappa shape index (κ2) is 7.50. The molecule has 3 rings (SSSR count). The number of nitrogens with zero attached hydrogens (tertiary/aromatic N) is 3. The first-order chi connectivity index (χ1) is 12.3. The number of aryl methyl sites for hydroxylation is 3. The topological polar surface area (TPSA) is 78.4 Å². The largest absolute Gasteiger partial charge is 0.481 e. The second-order valence-corrected chi connectivity index (χ2v) is 7.23. The lowest BCUT2D eigenvalue weighted by atomic mass is 9.97. The Labute approximate surface area is 158 Å². The molecular weight excluding hydrogens is 352 g/mol. The zero-order valence-electron chi connectivity index (χ0n) is 15.2. The summed E-state index contributed by atoms with van der Waals surface area (Å²) in [5.41, 5.74) is 3.00. The first-order valence-electron chi connectivity index (χ1n) is 8.70. The summed E-state index contributed by atoms with van der Waals surface area (Å²) in [6.45, 7) is 7.22. The number of halogens is 1. The van der Waals surface area contributed by atoms with E-state index in [9.17, 15) is 4.79 Å². The van der Waals surface area contributed by atoms with E-state index >= 15 is 0 Å². The van der Waals surface area contributed by atoms with Crippen molar-refractivity contribution in [3.8, 4) is 0 Å². The predicted molar refractivity (Wildman–Crippen MR) is 104 cm³/mol. The molecular formula is C19H23ClN4O2. The molecule has 138 valence electrons. The van der Waals surface area contributed by atoms with E-state index in [1.54, 1.807) is 0 Å². The zero-order valence-corrected chi connectivity index (χ0v) is 16.0. The van der Waals surface area contributed by atoms with Gasteiger partial charge < -0.3 is 15.3 Å². The van der Waals surface area contributed by atoms with Crippen LogP contribution in [0.5, 0.6) is 0 Å². The van der Waals surface area contributed by atoms with Crippen LogP contribution in [-0.2, 0) is 4.79 Å². The van der Waals surface area contributed by atoms with Crippen LogP contribution in [0.15, 0.2) is 18.2 Å². The molecule has 1 aromatic heterocycles. The van der Waals surface area contributed by atoms with Gasteiger partial charge in [0.15, 0.2) is 0 Å². The number of benzene rings is 1. The molecule has 2 N–H and O–H groups in total. The van der Waals surface area contributed by atoms with Gasteiger partial charge in [-0.2, -0.15) is 0 Å². The fourth-order valence-electron chi connectivity index (χ4n) is 3.34. The fraction of sp³-hybridized carbons (Fsp3) is 0.421. The molecule has 2 heterocycles. The van der Waals surface area contributed by atoms with Gasteiger partial charge in [0.1, 0.15) is 17.5 Å². The van der Waals surface area contributed by atoms with Crippen LogP contribution in [0.3, 0.4) is 0 Å². The molecule has 6 nitrogen and oxygen atoms in total. The van der Waals surface area contributed by atoms with Crippen molar-refractivity contribution in [3.63, 3.8) is 0 Å². The van der Waals surface area contributed by atoms with Crippen LogP contribution in [-0.4, -0.2) is 34.1 Å². The maximum absolute atomic E-state index is 11.1. The van der Waals surface area contributed by atoms with Crippen molar-refractivity contribution in [2.75, 3.05) is 23.3 Å². The number of hydrogen-bond donors (Lipinski definition) is 2. The van der Waals surface area contributed by atoms with Crippen molar-refractivity contribution >= 4 is 34.9 Å². The Kier molecular flexibility index (Phi) is 5.32. The molecule has 1 fully saturated rings. The Hall–Kier alpha value is -2.34. The number of carbonyl (C=O) groups is 1. The number of piperidine rings is 1. The molecule has 0 radical (unpaired) electrons. The fourth-order valence-corrected chi connectivity index (χ4v) is 3.70. The molecule has 0 unspecified atom stereocenters. The molecule has 0 saturated carbocycles. The Morgan fingerprint density at radius 1 is 1.19 bits per heavy atom. The number of nitrogens with one attached hydrogen (secondary N) is 1. The van der Waals surface area contributed by atoms with Crippen molar-refractivity contribution in [3.05, 3.63) is 40.2 Å². The summed E-state index contributed by atoms with van der Waals surface area (Å²) in [4.78, 5) is 22.2. The summed E-state index contributed by atoms with van der Waals surface area (Å²) < 4.78 is 0. The number of carboxylic acid groups (broad SMARTS) is 1. The second-order valence-electron chi connectivity index (χ2n) is 6.82. The van der Waals surface area contributed by atoms with Gasteiger partial charge in [-0.25, -0.2) is 9.97 Å². The monoisotopic (exact) mass is 374 g/mol. The van der Waals surface area contributed by atoms with Crippen molar-refractivity contribution in [2.24, 2.45) is 5.92 Å². The van der Waals surface area contributed by atoms with Crippen molar-refractivity contribution in [2.45, 2.75) is 33.6 Å². The number of carboxylic acids is 1. The Balaban J connectivity index is 1.82. The Morgan fingerprint density at radius 2 is 1.88 bits per heavy atom. The SMILES string of the molecule is Cc1cc(C)c(Nc2cc(N3CCC(C(=O)O)CC3)nc(C)n2)c(Cl)c1. The smallest absolute Gasteiger partial charge is 0.306 e. The van der Waals surface area contributed by atoms with E-state index in [0.29, 0.717) is 42.6 Å². The normalized spacial score (nSPS) is 15.2. The molecule has 0 spiro atoms. The third kappa shape index (κ3) is 4.07. The van der Waals surface area contributed by atoms with Gasteiger partial charge in [-0.15, -0.1) is 0 Å². The van der Waals surface area contributed by atoms with Crippen molar-refractivity contribution in [1.29, 1.82) is 0 Å². The first kappa shape index (κ1) is 18.5. The highest BCUT2D eigenvalue weighted by molar-refractivity contribution is 6.33. The van der Waals surface area contributed by atoms with Crippen LogP contribution in [0.4, 0.5) is 17.3 Å². The minimum atomic E-state index is -0.713. The minimum absolute atomic E-state index is 0.263. The third-order valence-corrected chi connectivity index (χ3v) is 4.98. The van der Waals surface area contributed by atoms with Crippen molar-refractivity contribution < 1.29 is 9.90 Å². The number of aliphatic carboxylic acids is 1. The van der Waals surface area contributed by atoms with Gasteiger partial charge in [0.25, 0.3) is 0 Å². The Bertz CT molecular complexity index is 809. The molecule has 0 aliphatic carbocycles. The van der Waals surface area contributed by atoms with E-state index in [2.05, 4.69) is 26.3 Å². The molecule has 1 aliphatic rings. The standard InChI is InChI=1S/C19H23ClN4O2/c1-11-8-12(2)18(15(20)9-11)23-16-10-17(22-13(3)21-16)24-6-4-14(5-7-24)19(25)26/h8-10,14H,4-7H2,1-3H3,(H,25,26)(H,21,22,23). The molecule has 0 bridgehead atoms. The maximum atomic E-state index is 11.1. The quantitative estimate of drug-likeness (QED) is 0.838. The molecule has 1 saturated heterocycles. The van der Waals surface area contributed by atoms with Crippen LogP contribution in [0.2, 0.25) is 5.02 Å². The number of aromatic nitrogens is 2. The molecule has 7 heteroatoms.